The van der Waals surface area contributed by atoms with Gasteiger partial charge in [-0.1, -0.05) is 36.4 Å². The van der Waals surface area contributed by atoms with Crippen molar-refractivity contribution in [1.29, 1.82) is 0 Å². The van der Waals surface area contributed by atoms with Gasteiger partial charge in [-0.05, 0) is 42.3 Å². The molecule has 0 saturated carbocycles. The number of anilines is 3. The molecule has 0 atom stereocenters. The average Bonchev–Trinajstić information content (AvgIpc) is 2.72. The standard InChI is InChI=1S/C22H19N5/c1-15-7-8-19(23)12-21(15)27-22-25-10-9-20(26-22)18-11-17(13-24-14-18)16-5-3-2-4-6-16/h2-14H,23H2,1H3,(H,25,26,27). The summed E-state index contributed by atoms with van der Waals surface area (Å²) in [4.78, 5) is 13.3. The van der Waals surface area contributed by atoms with E-state index in [0.717, 1.165) is 33.6 Å². The maximum absolute atomic E-state index is 5.88. The third kappa shape index (κ3) is 3.77. The zero-order valence-corrected chi connectivity index (χ0v) is 14.9. The topological polar surface area (TPSA) is 76.7 Å². The van der Waals surface area contributed by atoms with Crippen LogP contribution in [0, 0.1) is 6.92 Å². The van der Waals surface area contributed by atoms with Crippen molar-refractivity contribution in [3.05, 3.63) is 84.8 Å². The van der Waals surface area contributed by atoms with Crippen LogP contribution in [0.25, 0.3) is 22.4 Å². The lowest BCUT2D eigenvalue weighted by Gasteiger charge is -2.10. The minimum absolute atomic E-state index is 0.520. The Kier molecular flexibility index (Phi) is 4.49. The van der Waals surface area contributed by atoms with E-state index in [4.69, 9.17) is 5.73 Å². The van der Waals surface area contributed by atoms with Gasteiger partial charge in [-0.15, -0.1) is 0 Å². The van der Waals surface area contributed by atoms with Crippen molar-refractivity contribution in [1.82, 2.24) is 15.0 Å². The Morgan fingerprint density at radius 1 is 0.852 bits per heavy atom. The molecule has 0 unspecified atom stereocenters. The highest BCUT2D eigenvalue weighted by atomic mass is 15.1. The van der Waals surface area contributed by atoms with Crippen molar-refractivity contribution in [2.24, 2.45) is 0 Å². The van der Waals surface area contributed by atoms with Gasteiger partial charge in [-0.2, -0.15) is 0 Å². The molecule has 2 aromatic heterocycles. The molecule has 0 spiro atoms. The average molecular weight is 353 g/mol. The van der Waals surface area contributed by atoms with E-state index in [1.165, 1.54) is 0 Å². The van der Waals surface area contributed by atoms with Crippen molar-refractivity contribution in [3.63, 3.8) is 0 Å². The van der Waals surface area contributed by atoms with Gasteiger partial charge in [-0.3, -0.25) is 4.98 Å². The van der Waals surface area contributed by atoms with Gasteiger partial charge in [0.15, 0.2) is 0 Å². The van der Waals surface area contributed by atoms with Gasteiger partial charge in [0.1, 0.15) is 0 Å². The van der Waals surface area contributed by atoms with Crippen LogP contribution >= 0.6 is 0 Å². The number of nitrogens with one attached hydrogen (secondary N) is 1. The second kappa shape index (κ2) is 7.25. The molecular formula is C22H19N5. The largest absolute Gasteiger partial charge is 0.399 e. The number of aryl methyl sites for hydroxylation is 1. The summed E-state index contributed by atoms with van der Waals surface area (Å²) in [5.41, 5.74) is 12.5. The summed E-state index contributed by atoms with van der Waals surface area (Å²) < 4.78 is 0. The summed E-state index contributed by atoms with van der Waals surface area (Å²) in [5.74, 6) is 0.520. The van der Waals surface area contributed by atoms with Gasteiger partial charge >= 0.3 is 0 Å². The van der Waals surface area contributed by atoms with Gasteiger partial charge in [-0.25, -0.2) is 9.97 Å². The molecule has 0 fully saturated rings. The summed E-state index contributed by atoms with van der Waals surface area (Å²) in [6.45, 7) is 2.01. The van der Waals surface area contributed by atoms with Crippen molar-refractivity contribution < 1.29 is 0 Å². The molecule has 0 radical (unpaired) electrons. The SMILES string of the molecule is Cc1ccc(N)cc1Nc1nccc(-c2cncc(-c3ccccc3)c2)n1. The predicted octanol–water partition coefficient (Wildman–Crippen LogP) is 4.84. The maximum atomic E-state index is 5.88. The van der Waals surface area contributed by atoms with E-state index in [1.54, 1.807) is 6.20 Å². The highest BCUT2D eigenvalue weighted by molar-refractivity contribution is 5.71. The van der Waals surface area contributed by atoms with Crippen LogP contribution in [-0.4, -0.2) is 15.0 Å². The Bertz CT molecular complexity index is 1080. The smallest absolute Gasteiger partial charge is 0.227 e. The van der Waals surface area contributed by atoms with Crippen molar-refractivity contribution in [2.75, 3.05) is 11.1 Å². The summed E-state index contributed by atoms with van der Waals surface area (Å²) in [6, 6.07) is 19.8. The van der Waals surface area contributed by atoms with Gasteiger partial charge in [0.2, 0.25) is 5.95 Å². The maximum Gasteiger partial charge on any atom is 0.227 e. The molecule has 5 heteroatoms. The predicted molar refractivity (Wildman–Crippen MR) is 110 cm³/mol. The van der Waals surface area contributed by atoms with Crippen molar-refractivity contribution in [2.45, 2.75) is 6.92 Å². The second-order valence-electron chi connectivity index (χ2n) is 6.29. The molecule has 0 amide bonds. The Balaban J connectivity index is 1.66. The van der Waals surface area contributed by atoms with Crippen LogP contribution in [0.5, 0.6) is 0 Å². The number of hydrogen-bond donors (Lipinski definition) is 2. The number of nitrogens with two attached hydrogens (primary N) is 1. The fourth-order valence-corrected chi connectivity index (χ4v) is 2.84. The van der Waals surface area contributed by atoms with Crippen LogP contribution in [0.4, 0.5) is 17.3 Å². The molecule has 4 rings (SSSR count). The number of nitrogen functional groups attached to an aromatic ring is 1. The number of nitrogens with zero attached hydrogens (tertiary/aromatic N) is 3. The normalized spacial score (nSPS) is 10.6. The molecule has 3 N–H and O–H groups in total. The molecule has 4 aromatic rings. The first-order chi connectivity index (χ1) is 13.2. The summed E-state index contributed by atoms with van der Waals surface area (Å²) >= 11 is 0. The Morgan fingerprint density at radius 3 is 2.52 bits per heavy atom. The van der Waals surface area contributed by atoms with Gasteiger partial charge in [0.05, 0.1) is 5.69 Å². The lowest BCUT2D eigenvalue weighted by molar-refractivity contribution is 1.16. The van der Waals surface area contributed by atoms with E-state index >= 15 is 0 Å². The minimum Gasteiger partial charge on any atom is -0.399 e. The van der Waals surface area contributed by atoms with E-state index in [1.807, 2.05) is 61.8 Å². The zero-order chi connectivity index (χ0) is 18.6. The summed E-state index contributed by atoms with van der Waals surface area (Å²) in [5, 5.41) is 3.25. The minimum atomic E-state index is 0.520. The monoisotopic (exact) mass is 353 g/mol. The molecular weight excluding hydrogens is 334 g/mol. The summed E-state index contributed by atoms with van der Waals surface area (Å²) in [6.07, 6.45) is 5.40. The van der Waals surface area contributed by atoms with Crippen molar-refractivity contribution in [3.8, 4) is 22.4 Å². The molecule has 0 bridgehead atoms. The highest BCUT2D eigenvalue weighted by Crippen LogP contribution is 2.26. The molecule has 5 nitrogen and oxygen atoms in total. The van der Waals surface area contributed by atoms with Crippen LogP contribution in [-0.2, 0) is 0 Å². The Hall–Kier alpha value is -3.73. The second-order valence-corrected chi connectivity index (χ2v) is 6.29. The first kappa shape index (κ1) is 16.7. The number of benzene rings is 2. The summed E-state index contributed by atoms with van der Waals surface area (Å²) in [7, 11) is 0. The van der Waals surface area contributed by atoms with Crippen LogP contribution in [0.2, 0.25) is 0 Å². The lowest BCUT2D eigenvalue weighted by atomic mass is 10.1. The lowest BCUT2D eigenvalue weighted by Crippen LogP contribution is -2.00. The molecule has 2 aromatic carbocycles. The van der Waals surface area contributed by atoms with Gasteiger partial charge in [0, 0.05) is 41.1 Å². The third-order valence-corrected chi connectivity index (χ3v) is 4.30. The van der Waals surface area contributed by atoms with E-state index < -0.39 is 0 Å². The number of hydrogen-bond acceptors (Lipinski definition) is 5. The van der Waals surface area contributed by atoms with Gasteiger partial charge in [0.25, 0.3) is 0 Å². The quantitative estimate of drug-likeness (QED) is 0.513. The zero-order valence-electron chi connectivity index (χ0n) is 14.9. The number of pyridine rings is 1. The number of aromatic nitrogens is 3. The fraction of sp³-hybridized carbons (Fsp3) is 0.0455. The van der Waals surface area contributed by atoms with Gasteiger partial charge < -0.3 is 11.1 Å². The van der Waals surface area contributed by atoms with Crippen molar-refractivity contribution >= 4 is 17.3 Å². The number of rotatable bonds is 4. The molecule has 0 aliphatic rings. The van der Waals surface area contributed by atoms with E-state index in [0.29, 0.717) is 11.6 Å². The highest BCUT2D eigenvalue weighted by Gasteiger charge is 2.07. The Labute approximate surface area is 158 Å². The van der Waals surface area contributed by atoms with E-state index in [-0.39, 0.29) is 0 Å². The van der Waals surface area contributed by atoms with Crippen LogP contribution < -0.4 is 11.1 Å². The van der Waals surface area contributed by atoms with E-state index in [2.05, 4.69) is 38.5 Å². The van der Waals surface area contributed by atoms with E-state index in [9.17, 15) is 0 Å². The Morgan fingerprint density at radius 2 is 1.67 bits per heavy atom. The van der Waals surface area contributed by atoms with Crippen LogP contribution in [0.1, 0.15) is 5.56 Å². The molecule has 132 valence electrons. The molecule has 0 aliphatic heterocycles. The first-order valence-corrected chi connectivity index (χ1v) is 8.66. The first-order valence-electron chi connectivity index (χ1n) is 8.66. The fourth-order valence-electron chi connectivity index (χ4n) is 2.84. The molecule has 2 heterocycles. The molecule has 0 saturated heterocycles. The third-order valence-electron chi connectivity index (χ3n) is 4.30. The molecule has 27 heavy (non-hydrogen) atoms. The molecule has 0 aliphatic carbocycles. The van der Waals surface area contributed by atoms with Crippen LogP contribution in [0.15, 0.2) is 79.3 Å². The van der Waals surface area contributed by atoms with Crippen LogP contribution in [0.3, 0.4) is 0 Å².